The molecule has 0 spiro atoms. The Labute approximate surface area is 215 Å². The van der Waals surface area contributed by atoms with Crippen LogP contribution in [0.15, 0.2) is 29.2 Å². The number of alkyl halides is 2. The van der Waals surface area contributed by atoms with Crippen molar-refractivity contribution in [3.63, 3.8) is 0 Å². The van der Waals surface area contributed by atoms with Gasteiger partial charge in [-0.3, -0.25) is 4.79 Å². The van der Waals surface area contributed by atoms with Gasteiger partial charge in [0.1, 0.15) is 6.73 Å². The molecule has 11 heteroatoms. The molecule has 1 aromatic carbocycles. The number of nitrogens with zero attached hydrogens (tertiary/aromatic N) is 2. The molecule has 0 radical (unpaired) electrons. The van der Waals surface area contributed by atoms with Crippen molar-refractivity contribution in [3.8, 4) is 22.8 Å². The highest BCUT2D eigenvalue weighted by atomic mass is 28.3. The molecule has 2 aromatic heterocycles. The molecular formula is C26H35F2N3O5Si. The highest BCUT2D eigenvalue weighted by Gasteiger charge is 2.27. The van der Waals surface area contributed by atoms with Gasteiger partial charge in [0.25, 0.3) is 5.56 Å². The standard InChI is InChI=1S/C26H35F2N3O5Si/c1-16(2)34-14-19-23-20(13-29-31(25(23)32)15-33-10-11-37(3,4)5)30-24(19)17-6-9-21(36-26(27)28)22(12-17)35-18-7-8-18/h6,9,12-13,16,18,26,30H,7-8,10-11,14-15H2,1-5H3. The third-order valence-corrected chi connectivity index (χ3v) is 7.65. The van der Waals surface area contributed by atoms with Crippen molar-refractivity contribution < 1.29 is 27.7 Å². The number of fused-ring (bicyclic) bond motifs is 1. The fourth-order valence-corrected chi connectivity index (χ4v) is 4.54. The van der Waals surface area contributed by atoms with Gasteiger partial charge < -0.3 is 23.9 Å². The molecule has 0 amide bonds. The van der Waals surface area contributed by atoms with Gasteiger partial charge in [-0.15, -0.1) is 0 Å². The first-order valence-corrected chi connectivity index (χ1v) is 16.3. The molecule has 1 N–H and O–H groups in total. The van der Waals surface area contributed by atoms with E-state index in [1.165, 1.54) is 10.7 Å². The van der Waals surface area contributed by atoms with Gasteiger partial charge >= 0.3 is 6.61 Å². The van der Waals surface area contributed by atoms with Gasteiger partial charge in [-0.05, 0) is 50.9 Å². The quantitative estimate of drug-likeness (QED) is 0.221. The van der Waals surface area contributed by atoms with Gasteiger partial charge in [0, 0.05) is 25.8 Å². The third kappa shape index (κ3) is 7.17. The molecule has 1 aliphatic carbocycles. The Hall–Kier alpha value is -2.76. The molecule has 4 rings (SSSR count). The zero-order valence-corrected chi connectivity index (χ0v) is 23.0. The van der Waals surface area contributed by atoms with E-state index in [2.05, 4.69) is 34.5 Å². The Morgan fingerprint density at radius 3 is 2.59 bits per heavy atom. The van der Waals surface area contributed by atoms with E-state index in [-0.39, 0.29) is 42.6 Å². The molecule has 1 aliphatic rings. The van der Waals surface area contributed by atoms with Crippen LogP contribution in [-0.4, -0.2) is 48.3 Å². The Morgan fingerprint density at radius 1 is 1.19 bits per heavy atom. The van der Waals surface area contributed by atoms with Crippen LogP contribution >= 0.6 is 0 Å². The molecule has 8 nitrogen and oxygen atoms in total. The summed E-state index contributed by atoms with van der Waals surface area (Å²) in [5, 5.41) is 4.74. The number of aromatic amines is 1. The summed E-state index contributed by atoms with van der Waals surface area (Å²) in [4.78, 5) is 16.7. The second-order valence-electron chi connectivity index (χ2n) is 10.8. The second kappa shape index (κ2) is 11.3. The topological polar surface area (TPSA) is 87.6 Å². The summed E-state index contributed by atoms with van der Waals surface area (Å²) < 4.78 is 49.4. The van der Waals surface area contributed by atoms with Crippen LogP contribution in [0.5, 0.6) is 11.5 Å². The molecule has 0 saturated heterocycles. The number of hydrogen-bond donors (Lipinski definition) is 1. The first kappa shape index (κ1) is 27.3. The van der Waals surface area contributed by atoms with E-state index in [9.17, 15) is 13.6 Å². The first-order valence-electron chi connectivity index (χ1n) is 12.6. The van der Waals surface area contributed by atoms with Crippen LogP contribution in [0, 0.1) is 0 Å². The average Bonchev–Trinajstić information content (AvgIpc) is 3.54. The van der Waals surface area contributed by atoms with Crippen LogP contribution in [0.3, 0.4) is 0 Å². The maximum atomic E-state index is 13.5. The molecule has 1 fully saturated rings. The van der Waals surface area contributed by atoms with Crippen molar-refractivity contribution in [2.75, 3.05) is 6.61 Å². The molecule has 3 aromatic rings. The van der Waals surface area contributed by atoms with Gasteiger partial charge in [-0.25, -0.2) is 4.68 Å². The van der Waals surface area contributed by atoms with Crippen LogP contribution in [-0.2, 0) is 22.8 Å². The van der Waals surface area contributed by atoms with E-state index >= 15 is 0 Å². The molecule has 0 unspecified atom stereocenters. The zero-order chi connectivity index (χ0) is 26.7. The van der Waals surface area contributed by atoms with Crippen LogP contribution in [0.2, 0.25) is 25.7 Å². The van der Waals surface area contributed by atoms with Crippen molar-refractivity contribution in [1.29, 1.82) is 0 Å². The van der Waals surface area contributed by atoms with Gasteiger partial charge in [0.15, 0.2) is 11.5 Å². The van der Waals surface area contributed by atoms with Gasteiger partial charge in [-0.2, -0.15) is 13.9 Å². The number of nitrogens with one attached hydrogen (secondary N) is 1. The predicted molar refractivity (Wildman–Crippen MR) is 140 cm³/mol. The summed E-state index contributed by atoms with van der Waals surface area (Å²) >= 11 is 0. The average molecular weight is 536 g/mol. The SMILES string of the molecule is CC(C)OCc1c(-c2ccc(OC(F)F)c(OC3CC3)c2)[nH]c2cnn(COCC[Si](C)(C)C)c(=O)c12. The highest BCUT2D eigenvalue weighted by Crippen LogP contribution is 2.39. The van der Waals surface area contributed by atoms with E-state index in [1.54, 1.807) is 18.3 Å². The zero-order valence-electron chi connectivity index (χ0n) is 22.0. The van der Waals surface area contributed by atoms with Crippen LogP contribution < -0.4 is 15.0 Å². The fourth-order valence-electron chi connectivity index (χ4n) is 3.79. The van der Waals surface area contributed by atoms with Crippen molar-refractivity contribution in [2.24, 2.45) is 0 Å². The first-order chi connectivity index (χ1) is 17.5. The lowest BCUT2D eigenvalue weighted by Gasteiger charge is -2.15. The van der Waals surface area contributed by atoms with Gasteiger partial charge in [-0.1, -0.05) is 19.6 Å². The van der Waals surface area contributed by atoms with E-state index in [1.807, 2.05) is 13.8 Å². The van der Waals surface area contributed by atoms with Gasteiger partial charge in [0.05, 0.1) is 41.6 Å². The lowest BCUT2D eigenvalue weighted by Crippen LogP contribution is -2.26. The largest absolute Gasteiger partial charge is 0.487 e. The van der Waals surface area contributed by atoms with Gasteiger partial charge in [0.2, 0.25) is 0 Å². The van der Waals surface area contributed by atoms with Crippen LogP contribution in [0.1, 0.15) is 32.3 Å². The summed E-state index contributed by atoms with van der Waals surface area (Å²) in [7, 11) is -1.26. The Balaban J connectivity index is 1.72. The fraction of sp³-hybridized carbons (Fsp3) is 0.538. The summed E-state index contributed by atoms with van der Waals surface area (Å²) in [6.07, 6.45) is 3.24. The van der Waals surface area contributed by atoms with Crippen molar-refractivity contribution in [2.45, 2.75) is 84.5 Å². The molecule has 1 saturated carbocycles. The van der Waals surface area contributed by atoms with Crippen molar-refractivity contribution >= 4 is 19.0 Å². The molecule has 0 bridgehead atoms. The third-order valence-electron chi connectivity index (χ3n) is 5.94. The summed E-state index contributed by atoms with van der Waals surface area (Å²) in [6, 6.07) is 5.76. The summed E-state index contributed by atoms with van der Waals surface area (Å²) in [5.41, 5.74) is 2.22. The molecule has 0 aliphatic heterocycles. The number of halogens is 2. The number of H-pyrrole nitrogens is 1. The summed E-state index contributed by atoms with van der Waals surface area (Å²) in [6.45, 7) is 8.47. The number of rotatable bonds is 13. The maximum absolute atomic E-state index is 13.5. The van der Waals surface area contributed by atoms with Crippen LogP contribution in [0.4, 0.5) is 8.78 Å². The molecule has 202 valence electrons. The number of ether oxygens (including phenoxy) is 4. The lowest BCUT2D eigenvalue weighted by atomic mass is 10.1. The predicted octanol–water partition coefficient (Wildman–Crippen LogP) is 5.77. The van der Waals surface area contributed by atoms with E-state index < -0.39 is 14.7 Å². The second-order valence-corrected chi connectivity index (χ2v) is 16.4. The minimum atomic E-state index is -2.96. The highest BCUT2D eigenvalue weighted by molar-refractivity contribution is 6.76. The summed E-state index contributed by atoms with van der Waals surface area (Å²) in [5.74, 6) is 0.210. The van der Waals surface area contributed by atoms with E-state index in [0.717, 1.165) is 18.9 Å². The Morgan fingerprint density at radius 2 is 1.95 bits per heavy atom. The van der Waals surface area contributed by atoms with E-state index in [4.69, 9.17) is 14.2 Å². The van der Waals surface area contributed by atoms with E-state index in [0.29, 0.717) is 34.3 Å². The van der Waals surface area contributed by atoms with Crippen molar-refractivity contribution in [3.05, 3.63) is 40.3 Å². The maximum Gasteiger partial charge on any atom is 0.387 e. The van der Waals surface area contributed by atoms with Crippen molar-refractivity contribution in [1.82, 2.24) is 14.8 Å². The minimum Gasteiger partial charge on any atom is -0.487 e. The number of aromatic nitrogens is 3. The monoisotopic (exact) mass is 535 g/mol. The molecular weight excluding hydrogens is 500 g/mol. The Bertz CT molecular complexity index is 1280. The smallest absolute Gasteiger partial charge is 0.387 e. The number of hydrogen-bond acceptors (Lipinski definition) is 6. The Kier molecular flexibility index (Phi) is 8.35. The molecule has 37 heavy (non-hydrogen) atoms. The van der Waals surface area contributed by atoms with Crippen LogP contribution in [0.25, 0.3) is 22.2 Å². The normalized spacial score (nSPS) is 14.2. The molecule has 0 atom stereocenters. The number of benzene rings is 1. The lowest BCUT2D eigenvalue weighted by molar-refractivity contribution is -0.0516. The minimum absolute atomic E-state index is 0.0147. The molecule has 2 heterocycles.